The summed E-state index contributed by atoms with van der Waals surface area (Å²) in [6.07, 6.45) is 6.02. The third kappa shape index (κ3) is 3.91. The second kappa shape index (κ2) is 7.21. The molecule has 0 spiro atoms. The van der Waals surface area contributed by atoms with Crippen LogP contribution in [0.15, 0.2) is 18.5 Å². The minimum atomic E-state index is -0.244. The number of amides is 1. The number of aromatic hydroxyl groups is 1. The lowest BCUT2D eigenvalue weighted by Crippen LogP contribution is -2.45. The lowest BCUT2D eigenvalue weighted by atomic mass is 10.0. The van der Waals surface area contributed by atoms with Crippen molar-refractivity contribution in [2.24, 2.45) is 0 Å². The van der Waals surface area contributed by atoms with E-state index in [2.05, 4.69) is 15.2 Å². The van der Waals surface area contributed by atoms with Gasteiger partial charge in [-0.2, -0.15) is 0 Å². The SMILES string of the molecule is O=C(NCCN1CCCCC1CO)c1cncc(O)c1. The maximum absolute atomic E-state index is 11.9. The number of nitrogens with zero attached hydrogens (tertiary/aromatic N) is 2. The highest BCUT2D eigenvalue weighted by atomic mass is 16.3. The van der Waals surface area contributed by atoms with Crippen LogP contribution >= 0.6 is 0 Å². The predicted molar refractivity (Wildman–Crippen MR) is 74.5 cm³/mol. The molecule has 1 saturated heterocycles. The van der Waals surface area contributed by atoms with Crippen molar-refractivity contribution in [3.8, 4) is 5.75 Å². The number of hydrogen-bond acceptors (Lipinski definition) is 5. The molecule has 0 saturated carbocycles. The molecule has 3 N–H and O–H groups in total. The van der Waals surface area contributed by atoms with Crippen molar-refractivity contribution in [1.29, 1.82) is 0 Å². The third-order valence-corrected chi connectivity index (χ3v) is 3.63. The number of likely N-dealkylation sites (tertiary alicyclic amines) is 1. The number of hydrogen-bond donors (Lipinski definition) is 3. The number of aliphatic hydroxyl groups is 1. The Morgan fingerprint density at radius 1 is 1.45 bits per heavy atom. The van der Waals surface area contributed by atoms with Gasteiger partial charge in [0.05, 0.1) is 18.4 Å². The maximum Gasteiger partial charge on any atom is 0.253 e. The molecule has 1 aromatic rings. The fraction of sp³-hybridized carbons (Fsp3) is 0.571. The number of nitrogens with one attached hydrogen (secondary N) is 1. The minimum Gasteiger partial charge on any atom is -0.506 e. The fourth-order valence-electron chi connectivity index (χ4n) is 2.53. The molecule has 1 aliphatic rings. The molecule has 6 nitrogen and oxygen atoms in total. The van der Waals surface area contributed by atoms with Crippen LogP contribution in [0.4, 0.5) is 0 Å². The first-order valence-corrected chi connectivity index (χ1v) is 6.98. The molecule has 1 atom stereocenters. The van der Waals surface area contributed by atoms with Crippen molar-refractivity contribution in [1.82, 2.24) is 15.2 Å². The van der Waals surface area contributed by atoms with Crippen molar-refractivity contribution >= 4 is 5.91 Å². The zero-order valence-corrected chi connectivity index (χ0v) is 11.5. The van der Waals surface area contributed by atoms with Crippen LogP contribution in [0.25, 0.3) is 0 Å². The number of pyridine rings is 1. The first-order valence-electron chi connectivity index (χ1n) is 6.98. The molecule has 2 heterocycles. The summed E-state index contributed by atoms with van der Waals surface area (Å²) in [7, 11) is 0. The molecule has 1 aliphatic heterocycles. The average molecular weight is 279 g/mol. The molecule has 0 aromatic carbocycles. The highest BCUT2D eigenvalue weighted by molar-refractivity contribution is 5.94. The van der Waals surface area contributed by atoms with E-state index in [1.54, 1.807) is 0 Å². The van der Waals surface area contributed by atoms with E-state index < -0.39 is 0 Å². The molecule has 1 aromatic heterocycles. The van der Waals surface area contributed by atoms with E-state index in [1.165, 1.54) is 18.5 Å². The van der Waals surface area contributed by atoms with Gasteiger partial charge in [0.1, 0.15) is 5.75 Å². The molecule has 0 aliphatic carbocycles. The number of aliphatic hydroxyl groups excluding tert-OH is 1. The summed E-state index contributed by atoms with van der Waals surface area (Å²) < 4.78 is 0. The van der Waals surface area contributed by atoms with Gasteiger partial charge in [-0.15, -0.1) is 0 Å². The average Bonchev–Trinajstić information content (AvgIpc) is 2.47. The van der Waals surface area contributed by atoms with Crippen LogP contribution in [0.1, 0.15) is 29.6 Å². The van der Waals surface area contributed by atoms with Crippen LogP contribution in [0, 0.1) is 0 Å². The molecular formula is C14H21N3O3. The van der Waals surface area contributed by atoms with Gasteiger partial charge in [-0.25, -0.2) is 0 Å². The van der Waals surface area contributed by atoms with Crippen LogP contribution in [-0.4, -0.2) is 58.3 Å². The van der Waals surface area contributed by atoms with Crippen LogP contribution in [-0.2, 0) is 0 Å². The number of piperidine rings is 1. The van der Waals surface area contributed by atoms with Gasteiger partial charge in [-0.05, 0) is 25.5 Å². The van der Waals surface area contributed by atoms with Gasteiger partial charge in [0, 0.05) is 25.3 Å². The molecule has 0 radical (unpaired) electrons. The van der Waals surface area contributed by atoms with E-state index in [1.807, 2.05) is 0 Å². The van der Waals surface area contributed by atoms with Gasteiger partial charge in [0.25, 0.3) is 5.91 Å². The molecule has 110 valence electrons. The Labute approximate surface area is 118 Å². The second-order valence-electron chi connectivity index (χ2n) is 5.06. The molecule has 1 amide bonds. The van der Waals surface area contributed by atoms with Gasteiger partial charge >= 0.3 is 0 Å². The van der Waals surface area contributed by atoms with E-state index in [0.717, 1.165) is 32.4 Å². The summed E-state index contributed by atoms with van der Waals surface area (Å²) in [5, 5.41) is 21.4. The Bertz CT molecular complexity index is 453. The van der Waals surface area contributed by atoms with Gasteiger partial charge in [0.15, 0.2) is 0 Å². The minimum absolute atomic E-state index is 0.0194. The molecule has 6 heteroatoms. The molecular weight excluding hydrogens is 258 g/mol. The van der Waals surface area contributed by atoms with E-state index in [0.29, 0.717) is 12.1 Å². The lowest BCUT2D eigenvalue weighted by molar-refractivity contribution is 0.0849. The number of rotatable bonds is 5. The van der Waals surface area contributed by atoms with Crippen molar-refractivity contribution in [3.63, 3.8) is 0 Å². The highest BCUT2D eigenvalue weighted by Crippen LogP contribution is 2.15. The fourth-order valence-corrected chi connectivity index (χ4v) is 2.53. The third-order valence-electron chi connectivity index (χ3n) is 3.63. The van der Waals surface area contributed by atoms with Crippen molar-refractivity contribution in [2.75, 3.05) is 26.2 Å². The Hall–Kier alpha value is -1.66. The highest BCUT2D eigenvalue weighted by Gasteiger charge is 2.21. The summed E-state index contributed by atoms with van der Waals surface area (Å²) in [4.78, 5) is 17.8. The summed E-state index contributed by atoms with van der Waals surface area (Å²) >= 11 is 0. The first kappa shape index (κ1) is 14.7. The Balaban J connectivity index is 1.79. The van der Waals surface area contributed by atoms with Gasteiger partial charge < -0.3 is 15.5 Å². The standard InChI is InChI=1S/C14H21N3O3/c18-10-12-3-1-2-5-17(12)6-4-16-14(20)11-7-13(19)9-15-8-11/h7-9,12,18-19H,1-6,10H2,(H,16,20). The molecule has 1 fully saturated rings. The van der Waals surface area contributed by atoms with Gasteiger partial charge in [0.2, 0.25) is 0 Å². The Kier molecular flexibility index (Phi) is 5.31. The predicted octanol–water partition coefficient (Wildman–Crippen LogP) is 0.364. The quantitative estimate of drug-likeness (QED) is 0.725. The van der Waals surface area contributed by atoms with E-state index in [9.17, 15) is 15.0 Å². The number of carbonyl (C=O) groups excluding carboxylic acids is 1. The van der Waals surface area contributed by atoms with Crippen LogP contribution in [0.5, 0.6) is 5.75 Å². The summed E-state index contributed by atoms with van der Waals surface area (Å²) in [5.74, 6) is -0.264. The smallest absolute Gasteiger partial charge is 0.253 e. The van der Waals surface area contributed by atoms with Crippen molar-refractivity contribution < 1.29 is 15.0 Å². The molecule has 0 bridgehead atoms. The normalized spacial score (nSPS) is 19.8. The second-order valence-corrected chi connectivity index (χ2v) is 5.06. The van der Waals surface area contributed by atoms with Crippen molar-refractivity contribution in [3.05, 3.63) is 24.0 Å². The van der Waals surface area contributed by atoms with Crippen molar-refractivity contribution in [2.45, 2.75) is 25.3 Å². The molecule has 1 unspecified atom stereocenters. The van der Waals surface area contributed by atoms with Crippen LogP contribution < -0.4 is 5.32 Å². The Morgan fingerprint density at radius 2 is 2.30 bits per heavy atom. The zero-order valence-electron chi connectivity index (χ0n) is 11.5. The monoisotopic (exact) mass is 279 g/mol. The van der Waals surface area contributed by atoms with E-state index in [4.69, 9.17) is 0 Å². The van der Waals surface area contributed by atoms with Gasteiger partial charge in [-0.1, -0.05) is 6.42 Å². The molecule has 20 heavy (non-hydrogen) atoms. The van der Waals surface area contributed by atoms with E-state index >= 15 is 0 Å². The topological polar surface area (TPSA) is 85.7 Å². The molecule has 2 rings (SSSR count). The Morgan fingerprint density at radius 3 is 3.05 bits per heavy atom. The summed E-state index contributed by atoms with van der Waals surface area (Å²) in [5.41, 5.74) is 0.349. The first-order chi connectivity index (χ1) is 9.70. The van der Waals surface area contributed by atoms with E-state index in [-0.39, 0.29) is 24.3 Å². The summed E-state index contributed by atoms with van der Waals surface area (Å²) in [6, 6.07) is 1.60. The maximum atomic E-state index is 11.9. The van der Waals surface area contributed by atoms with Crippen LogP contribution in [0.3, 0.4) is 0 Å². The lowest BCUT2D eigenvalue weighted by Gasteiger charge is -2.34. The van der Waals surface area contributed by atoms with Gasteiger partial charge in [-0.3, -0.25) is 14.7 Å². The largest absolute Gasteiger partial charge is 0.506 e. The van der Waals surface area contributed by atoms with Crippen LogP contribution in [0.2, 0.25) is 0 Å². The zero-order chi connectivity index (χ0) is 14.4. The number of aromatic nitrogens is 1. The summed E-state index contributed by atoms with van der Waals surface area (Å²) in [6.45, 7) is 2.38. The number of carbonyl (C=O) groups is 1.